The summed E-state index contributed by atoms with van der Waals surface area (Å²) in [5.41, 5.74) is 0. The largest absolute Gasteiger partial charge is 0.393 e. The van der Waals surface area contributed by atoms with E-state index in [1.807, 2.05) is 4.90 Å². The number of carbonyl (C=O) groups is 2. The van der Waals surface area contributed by atoms with Crippen molar-refractivity contribution in [3.05, 3.63) is 18.2 Å². The molecule has 0 aliphatic carbocycles. The molecule has 0 unspecified atom stereocenters. The molecule has 29 heavy (non-hydrogen) atoms. The van der Waals surface area contributed by atoms with Gasteiger partial charge in [-0.1, -0.05) is 0 Å². The van der Waals surface area contributed by atoms with E-state index in [-0.39, 0.29) is 36.0 Å². The molecule has 0 saturated carbocycles. The second-order valence-electron chi connectivity index (χ2n) is 8.52. The van der Waals surface area contributed by atoms with Crippen LogP contribution in [-0.4, -0.2) is 99.0 Å². The lowest BCUT2D eigenvalue weighted by Crippen LogP contribution is -2.49. The number of hydrogen-bond acceptors (Lipinski definition) is 6. The van der Waals surface area contributed by atoms with Crippen LogP contribution < -0.4 is 5.32 Å². The van der Waals surface area contributed by atoms with E-state index >= 15 is 0 Å². The summed E-state index contributed by atoms with van der Waals surface area (Å²) < 4.78 is 0. The van der Waals surface area contributed by atoms with Gasteiger partial charge in [0.15, 0.2) is 0 Å². The Kier molecular flexibility index (Phi) is 6.17. The van der Waals surface area contributed by atoms with E-state index in [2.05, 4.69) is 32.1 Å². The SMILES string of the molecule is CN1[C@@H](CCC(=O)N2CCC(O)CC2)CNC(=O)[C@@H]2[C@H]1CCN2Cc1ncc[nH]1. The average Bonchev–Trinajstić information content (AvgIpc) is 3.35. The monoisotopic (exact) mass is 404 g/mol. The first kappa shape index (κ1) is 20.3. The van der Waals surface area contributed by atoms with Gasteiger partial charge in [0.05, 0.1) is 12.6 Å². The number of likely N-dealkylation sites (tertiary alicyclic amines) is 2. The number of aromatic nitrogens is 2. The van der Waals surface area contributed by atoms with Gasteiger partial charge in [0.2, 0.25) is 11.8 Å². The number of aliphatic hydroxyl groups excluding tert-OH is 1. The third-order valence-corrected chi connectivity index (χ3v) is 6.77. The number of likely N-dealkylation sites (N-methyl/N-ethyl adjacent to an activating group) is 1. The first-order valence-corrected chi connectivity index (χ1v) is 10.7. The summed E-state index contributed by atoms with van der Waals surface area (Å²) in [5.74, 6) is 1.10. The number of aliphatic hydroxyl groups is 1. The summed E-state index contributed by atoms with van der Waals surface area (Å²) >= 11 is 0. The maximum atomic E-state index is 12.8. The van der Waals surface area contributed by atoms with E-state index in [1.165, 1.54) is 0 Å². The summed E-state index contributed by atoms with van der Waals surface area (Å²) in [6.07, 6.45) is 6.75. The van der Waals surface area contributed by atoms with Crippen LogP contribution in [0, 0.1) is 0 Å². The van der Waals surface area contributed by atoms with Crippen LogP contribution in [0.15, 0.2) is 12.4 Å². The molecular formula is C20H32N6O3. The topological polar surface area (TPSA) is 105 Å². The standard InChI is InChI=1S/C20H32N6O3/c1-24-14(2-3-18(28)25-9-4-15(27)5-10-25)12-23-20(29)19-16(24)6-11-26(19)13-17-21-7-8-22-17/h7-8,14-16,19,27H,2-6,9-13H2,1H3,(H,21,22)(H,23,29)/t14-,16+,19-/m0/s1. The molecule has 1 aromatic rings. The summed E-state index contributed by atoms with van der Waals surface area (Å²) in [5, 5.41) is 12.7. The Bertz CT molecular complexity index is 703. The van der Waals surface area contributed by atoms with Gasteiger partial charge in [-0.15, -0.1) is 0 Å². The molecule has 3 aliphatic heterocycles. The predicted octanol–water partition coefficient (Wildman–Crippen LogP) is -0.454. The molecule has 160 valence electrons. The number of nitrogens with one attached hydrogen (secondary N) is 2. The van der Waals surface area contributed by atoms with Crippen molar-refractivity contribution in [2.24, 2.45) is 0 Å². The minimum absolute atomic E-state index is 0.0738. The molecule has 0 bridgehead atoms. The molecule has 0 aromatic carbocycles. The average molecular weight is 405 g/mol. The number of nitrogens with zero attached hydrogens (tertiary/aromatic N) is 4. The van der Waals surface area contributed by atoms with E-state index in [1.54, 1.807) is 12.4 Å². The van der Waals surface area contributed by atoms with Crippen molar-refractivity contribution in [2.45, 2.75) is 62.9 Å². The summed E-state index contributed by atoms with van der Waals surface area (Å²) in [6.45, 7) is 3.35. The van der Waals surface area contributed by atoms with Gasteiger partial charge in [0.25, 0.3) is 0 Å². The van der Waals surface area contributed by atoms with Gasteiger partial charge >= 0.3 is 0 Å². The van der Waals surface area contributed by atoms with E-state index in [9.17, 15) is 14.7 Å². The number of rotatable bonds is 5. The second kappa shape index (κ2) is 8.81. The Hall–Kier alpha value is -1.97. The van der Waals surface area contributed by atoms with Gasteiger partial charge in [0, 0.05) is 57.1 Å². The first-order valence-electron chi connectivity index (χ1n) is 10.7. The number of H-pyrrole nitrogens is 1. The molecule has 0 radical (unpaired) electrons. The highest BCUT2D eigenvalue weighted by Gasteiger charge is 2.45. The third-order valence-electron chi connectivity index (χ3n) is 6.77. The van der Waals surface area contributed by atoms with Crippen LogP contribution in [0.3, 0.4) is 0 Å². The van der Waals surface area contributed by atoms with Crippen LogP contribution in [0.2, 0.25) is 0 Å². The maximum Gasteiger partial charge on any atom is 0.239 e. The Morgan fingerprint density at radius 2 is 2.07 bits per heavy atom. The second-order valence-corrected chi connectivity index (χ2v) is 8.52. The smallest absolute Gasteiger partial charge is 0.239 e. The number of hydrogen-bond donors (Lipinski definition) is 3. The van der Waals surface area contributed by atoms with Crippen LogP contribution in [0.25, 0.3) is 0 Å². The summed E-state index contributed by atoms with van der Waals surface area (Å²) in [4.78, 5) is 39.2. The van der Waals surface area contributed by atoms with Gasteiger partial charge in [0.1, 0.15) is 11.9 Å². The molecule has 4 rings (SSSR count). The van der Waals surface area contributed by atoms with Crippen LogP contribution in [0.4, 0.5) is 0 Å². The molecule has 4 heterocycles. The number of amides is 2. The fourth-order valence-electron chi connectivity index (χ4n) is 4.97. The Balaban J connectivity index is 1.35. The van der Waals surface area contributed by atoms with Gasteiger partial charge in [-0.2, -0.15) is 0 Å². The molecule has 3 fully saturated rings. The Morgan fingerprint density at radius 3 is 2.79 bits per heavy atom. The number of piperidine rings is 1. The molecule has 0 spiro atoms. The van der Waals surface area contributed by atoms with Crippen molar-refractivity contribution in [1.29, 1.82) is 0 Å². The normalized spacial score (nSPS) is 29.5. The van der Waals surface area contributed by atoms with E-state index in [4.69, 9.17) is 0 Å². The van der Waals surface area contributed by atoms with Gasteiger partial charge in [-0.25, -0.2) is 4.98 Å². The Labute approximate surface area is 171 Å². The van der Waals surface area contributed by atoms with E-state index in [0.717, 1.165) is 25.2 Å². The molecule has 1 aromatic heterocycles. The number of carbonyl (C=O) groups excluding carboxylic acids is 2. The zero-order valence-electron chi connectivity index (χ0n) is 17.1. The van der Waals surface area contributed by atoms with Crippen molar-refractivity contribution >= 4 is 11.8 Å². The quantitative estimate of drug-likeness (QED) is 0.614. The molecule has 9 nitrogen and oxygen atoms in total. The van der Waals surface area contributed by atoms with Crippen LogP contribution in [-0.2, 0) is 16.1 Å². The lowest BCUT2D eigenvalue weighted by Gasteiger charge is -2.34. The summed E-state index contributed by atoms with van der Waals surface area (Å²) in [6, 6.07) is 0.115. The highest BCUT2D eigenvalue weighted by atomic mass is 16.3. The first-order chi connectivity index (χ1) is 14.0. The van der Waals surface area contributed by atoms with Crippen LogP contribution in [0.1, 0.15) is 37.9 Å². The van der Waals surface area contributed by atoms with Crippen molar-refractivity contribution < 1.29 is 14.7 Å². The highest BCUT2D eigenvalue weighted by Crippen LogP contribution is 2.28. The maximum absolute atomic E-state index is 12.8. The molecule has 9 heteroatoms. The fraction of sp³-hybridized carbons (Fsp3) is 0.750. The third kappa shape index (κ3) is 4.46. The number of fused-ring (bicyclic) bond motifs is 1. The van der Waals surface area contributed by atoms with Gasteiger partial charge in [-0.05, 0) is 32.7 Å². The molecule has 3 aliphatic rings. The Morgan fingerprint density at radius 1 is 1.28 bits per heavy atom. The fourth-order valence-corrected chi connectivity index (χ4v) is 4.97. The highest BCUT2D eigenvalue weighted by molar-refractivity contribution is 5.83. The molecule has 2 amide bonds. The molecular weight excluding hydrogens is 372 g/mol. The van der Waals surface area contributed by atoms with Gasteiger partial charge in [-0.3, -0.25) is 19.4 Å². The number of aromatic amines is 1. The molecule has 3 atom stereocenters. The van der Waals surface area contributed by atoms with Crippen molar-refractivity contribution in [1.82, 2.24) is 30.0 Å². The van der Waals surface area contributed by atoms with E-state index in [0.29, 0.717) is 45.4 Å². The zero-order valence-corrected chi connectivity index (χ0v) is 17.1. The lowest BCUT2D eigenvalue weighted by atomic mass is 10.0. The van der Waals surface area contributed by atoms with Gasteiger partial charge < -0.3 is 20.3 Å². The lowest BCUT2D eigenvalue weighted by molar-refractivity contribution is -0.133. The van der Waals surface area contributed by atoms with Crippen molar-refractivity contribution in [2.75, 3.05) is 33.2 Å². The predicted molar refractivity (Wildman–Crippen MR) is 107 cm³/mol. The number of imidazole rings is 1. The summed E-state index contributed by atoms with van der Waals surface area (Å²) in [7, 11) is 2.08. The minimum atomic E-state index is -0.273. The minimum Gasteiger partial charge on any atom is -0.393 e. The zero-order chi connectivity index (χ0) is 20.4. The van der Waals surface area contributed by atoms with Crippen molar-refractivity contribution in [3.63, 3.8) is 0 Å². The van der Waals surface area contributed by atoms with Crippen LogP contribution >= 0.6 is 0 Å². The van der Waals surface area contributed by atoms with Crippen LogP contribution in [0.5, 0.6) is 0 Å². The van der Waals surface area contributed by atoms with E-state index < -0.39 is 0 Å². The van der Waals surface area contributed by atoms with Crippen molar-refractivity contribution in [3.8, 4) is 0 Å². The molecule has 3 saturated heterocycles. The molecule has 3 N–H and O–H groups in total.